The summed E-state index contributed by atoms with van der Waals surface area (Å²) >= 11 is 0. The van der Waals surface area contributed by atoms with Crippen molar-refractivity contribution in [1.29, 1.82) is 0 Å². The number of anilines is 2. The Labute approximate surface area is 216 Å². The number of alkyl halides is 3. The Morgan fingerprint density at radius 2 is 1.84 bits per heavy atom. The van der Waals surface area contributed by atoms with Crippen LogP contribution in [0.3, 0.4) is 0 Å². The highest BCUT2D eigenvalue weighted by molar-refractivity contribution is 5.86. The molecule has 0 saturated carbocycles. The standard InChI is InChI=1S/C27H36F3N5O2/c1-6-7-13-26(3,14-12-18(2)27(28,29)30)35-24-23-21(9-8-15-31-23)33-25(34-24)32-17-19-10-11-20(36-4)16-22(19)37-5/h8-11,15-16,18H,6-7,12-14,17H2,1-5H3,(H2,32,33,34,35)/t18-,26-/m1/s1. The van der Waals surface area contributed by atoms with Gasteiger partial charge in [-0.25, -0.2) is 4.98 Å². The summed E-state index contributed by atoms with van der Waals surface area (Å²) in [6.07, 6.45) is 0.329. The summed E-state index contributed by atoms with van der Waals surface area (Å²) in [4.78, 5) is 13.7. The van der Waals surface area contributed by atoms with Gasteiger partial charge in [-0.1, -0.05) is 26.7 Å². The minimum absolute atomic E-state index is 0.0233. The molecule has 2 aromatic heterocycles. The maximum Gasteiger partial charge on any atom is 0.391 e. The molecule has 0 aliphatic rings. The van der Waals surface area contributed by atoms with Gasteiger partial charge < -0.3 is 20.1 Å². The number of unbranched alkanes of at least 4 members (excludes halogenated alkanes) is 1. The maximum atomic E-state index is 13.2. The molecule has 3 rings (SSSR count). The van der Waals surface area contributed by atoms with Gasteiger partial charge >= 0.3 is 6.18 Å². The molecule has 0 aliphatic heterocycles. The third kappa shape index (κ3) is 7.60. The number of nitrogens with zero attached hydrogens (tertiary/aromatic N) is 3. The van der Waals surface area contributed by atoms with Crippen molar-refractivity contribution < 1.29 is 22.6 Å². The summed E-state index contributed by atoms with van der Waals surface area (Å²) in [5, 5.41) is 6.70. The molecule has 37 heavy (non-hydrogen) atoms. The van der Waals surface area contributed by atoms with Gasteiger partial charge in [-0.15, -0.1) is 0 Å². The second kappa shape index (κ2) is 12.3. The average molecular weight is 520 g/mol. The molecule has 0 aliphatic carbocycles. The van der Waals surface area contributed by atoms with Crippen LogP contribution in [0.15, 0.2) is 36.5 Å². The minimum Gasteiger partial charge on any atom is -0.497 e. The first-order chi connectivity index (χ1) is 17.6. The van der Waals surface area contributed by atoms with Crippen molar-refractivity contribution in [2.75, 3.05) is 24.9 Å². The third-order valence-electron chi connectivity index (χ3n) is 6.58. The molecule has 3 aromatic rings. The van der Waals surface area contributed by atoms with Gasteiger partial charge in [0, 0.05) is 29.9 Å². The fourth-order valence-corrected chi connectivity index (χ4v) is 4.11. The fraction of sp³-hybridized carbons (Fsp3) is 0.519. The van der Waals surface area contributed by atoms with Gasteiger partial charge in [0.05, 0.1) is 25.7 Å². The van der Waals surface area contributed by atoms with Crippen LogP contribution in [0.1, 0.15) is 58.4 Å². The number of halogens is 3. The van der Waals surface area contributed by atoms with Crippen LogP contribution in [0.2, 0.25) is 0 Å². The molecule has 0 radical (unpaired) electrons. The first-order valence-corrected chi connectivity index (χ1v) is 12.5. The zero-order valence-corrected chi connectivity index (χ0v) is 22.1. The second-order valence-electron chi connectivity index (χ2n) is 9.57. The summed E-state index contributed by atoms with van der Waals surface area (Å²) in [6.45, 7) is 5.65. The molecule has 10 heteroatoms. The monoisotopic (exact) mass is 519 g/mol. The molecule has 0 unspecified atom stereocenters. The number of fused-ring (bicyclic) bond motifs is 1. The van der Waals surface area contributed by atoms with Gasteiger partial charge in [-0.3, -0.25) is 4.98 Å². The highest BCUT2D eigenvalue weighted by Gasteiger charge is 2.37. The lowest BCUT2D eigenvalue weighted by Crippen LogP contribution is -2.37. The van der Waals surface area contributed by atoms with Crippen molar-refractivity contribution in [3.63, 3.8) is 0 Å². The van der Waals surface area contributed by atoms with Crippen LogP contribution in [-0.4, -0.2) is 40.9 Å². The number of rotatable bonds is 13. The number of nitrogens with one attached hydrogen (secondary N) is 2. The second-order valence-corrected chi connectivity index (χ2v) is 9.57. The molecular weight excluding hydrogens is 483 g/mol. The molecule has 1 aromatic carbocycles. The molecule has 0 saturated heterocycles. The lowest BCUT2D eigenvalue weighted by molar-refractivity contribution is -0.171. The van der Waals surface area contributed by atoms with E-state index >= 15 is 0 Å². The van der Waals surface area contributed by atoms with E-state index in [1.54, 1.807) is 32.5 Å². The van der Waals surface area contributed by atoms with Crippen molar-refractivity contribution in [2.24, 2.45) is 5.92 Å². The van der Waals surface area contributed by atoms with Crippen LogP contribution >= 0.6 is 0 Å². The van der Waals surface area contributed by atoms with Gasteiger partial charge in [0.1, 0.15) is 17.0 Å². The number of pyridine rings is 1. The Kier molecular flexibility index (Phi) is 9.39. The van der Waals surface area contributed by atoms with Gasteiger partial charge in [-0.2, -0.15) is 18.2 Å². The first-order valence-electron chi connectivity index (χ1n) is 12.5. The van der Waals surface area contributed by atoms with E-state index in [1.165, 1.54) is 6.92 Å². The normalized spacial score (nSPS) is 14.2. The molecule has 2 heterocycles. The molecule has 2 atom stereocenters. The number of hydrogen-bond acceptors (Lipinski definition) is 7. The topological polar surface area (TPSA) is 81.2 Å². The van der Waals surface area contributed by atoms with Crippen LogP contribution in [0, 0.1) is 5.92 Å². The molecule has 0 amide bonds. The zero-order chi connectivity index (χ0) is 27.1. The number of methoxy groups -OCH3 is 2. The van der Waals surface area contributed by atoms with E-state index in [2.05, 4.69) is 27.5 Å². The third-order valence-corrected chi connectivity index (χ3v) is 6.58. The SMILES string of the molecule is CCCC[C@](C)(CC[C@@H](C)C(F)(F)F)Nc1nc(NCc2ccc(OC)cc2OC)nc2cccnc12. The van der Waals surface area contributed by atoms with Crippen molar-refractivity contribution in [1.82, 2.24) is 15.0 Å². The Hall–Kier alpha value is -3.30. The summed E-state index contributed by atoms with van der Waals surface area (Å²) in [7, 11) is 3.19. The molecule has 7 nitrogen and oxygen atoms in total. The van der Waals surface area contributed by atoms with Crippen LogP contribution in [0.4, 0.5) is 24.9 Å². The molecule has 0 spiro atoms. The van der Waals surface area contributed by atoms with Crippen molar-refractivity contribution in [3.8, 4) is 11.5 Å². The van der Waals surface area contributed by atoms with Crippen molar-refractivity contribution >= 4 is 22.8 Å². The summed E-state index contributed by atoms with van der Waals surface area (Å²) < 4.78 is 50.4. The smallest absolute Gasteiger partial charge is 0.391 e. The van der Waals surface area contributed by atoms with Gasteiger partial charge in [0.15, 0.2) is 5.82 Å². The van der Waals surface area contributed by atoms with Crippen molar-refractivity contribution in [2.45, 2.75) is 71.1 Å². The zero-order valence-electron chi connectivity index (χ0n) is 22.1. The Morgan fingerprint density at radius 1 is 1.05 bits per heavy atom. The van der Waals surface area contributed by atoms with Crippen LogP contribution < -0.4 is 20.1 Å². The van der Waals surface area contributed by atoms with E-state index < -0.39 is 17.6 Å². The van der Waals surface area contributed by atoms with E-state index in [0.29, 0.717) is 53.7 Å². The lowest BCUT2D eigenvalue weighted by atomic mass is 9.86. The van der Waals surface area contributed by atoms with Crippen LogP contribution in [-0.2, 0) is 6.54 Å². The fourth-order valence-electron chi connectivity index (χ4n) is 4.11. The first kappa shape index (κ1) is 28.3. The predicted octanol–water partition coefficient (Wildman–Crippen LogP) is 6.99. The minimum atomic E-state index is -4.21. The lowest BCUT2D eigenvalue weighted by Gasteiger charge is -2.33. The number of hydrogen-bond donors (Lipinski definition) is 2. The number of ether oxygens (including phenoxy) is 2. The van der Waals surface area contributed by atoms with E-state index in [9.17, 15) is 13.2 Å². The quantitative estimate of drug-likeness (QED) is 0.252. The molecular formula is C27H36F3N5O2. The highest BCUT2D eigenvalue weighted by Crippen LogP contribution is 2.35. The Balaban J connectivity index is 1.88. The van der Waals surface area contributed by atoms with Gasteiger partial charge in [0.2, 0.25) is 5.95 Å². The van der Waals surface area contributed by atoms with Crippen LogP contribution in [0.5, 0.6) is 11.5 Å². The summed E-state index contributed by atoms with van der Waals surface area (Å²) in [5.41, 5.74) is 1.50. The van der Waals surface area contributed by atoms with Gasteiger partial charge in [-0.05, 0) is 50.5 Å². The van der Waals surface area contributed by atoms with E-state index in [1.807, 2.05) is 25.1 Å². The molecule has 2 N–H and O–H groups in total. The maximum absolute atomic E-state index is 13.2. The van der Waals surface area contributed by atoms with E-state index in [4.69, 9.17) is 14.5 Å². The molecule has 202 valence electrons. The molecule has 0 fully saturated rings. The number of aromatic nitrogens is 3. The molecule has 0 bridgehead atoms. The average Bonchev–Trinajstić information content (AvgIpc) is 2.88. The number of benzene rings is 1. The van der Waals surface area contributed by atoms with Gasteiger partial charge in [0.25, 0.3) is 0 Å². The highest BCUT2D eigenvalue weighted by atomic mass is 19.4. The van der Waals surface area contributed by atoms with E-state index in [-0.39, 0.29) is 6.42 Å². The predicted molar refractivity (Wildman–Crippen MR) is 140 cm³/mol. The Bertz CT molecular complexity index is 1170. The van der Waals surface area contributed by atoms with E-state index in [0.717, 1.165) is 18.4 Å². The largest absolute Gasteiger partial charge is 0.497 e. The van der Waals surface area contributed by atoms with Crippen LogP contribution in [0.25, 0.3) is 11.0 Å². The van der Waals surface area contributed by atoms with Crippen molar-refractivity contribution in [3.05, 3.63) is 42.1 Å². The Morgan fingerprint density at radius 3 is 2.51 bits per heavy atom. The summed E-state index contributed by atoms with van der Waals surface area (Å²) in [5.74, 6) is 0.840. The summed E-state index contributed by atoms with van der Waals surface area (Å²) in [6, 6.07) is 9.17.